The number of aromatic nitrogens is 2. The summed E-state index contributed by atoms with van der Waals surface area (Å²) in [6, 6.07) is 0. The molecule has 0 spiro atoms. The zero-order chi connectivity index (χ0) is 13.8. The number of nitrogens with zero attached hydrogens (tertiary/aromatic N) is 1. The number of hydrogen-bond donors (Lipinski definition) is 3. The van der Waals surface area contributed by atoms with Crippen LogP contribution < -0.4 is 11.2 Å². The Kier molecular flexibility index (Phi) is 2.65. The van der Waals surface area contributed by atoms with E-state index in [9.17, 15) is 19.8 Å². The van der Waals surface area contributed by atoms with Gasteiger partial charge < -0.3 is 19.7 Å². The maximum atomic E-state index is 11.8. The van der Waals surface area contributed by atoms with Crippen LogP contribution in [0.2, 0.25) is 0 Å². The predicted molar refractivity (Wildman–Crippen MR) is 61.7 cm³/mol. The number of hydrogen-bond acceptors (Lipinski definition) is 6. The van der Waals surface area contributed by atoms with Gasteiger partial charge in [0.05, 0.1) is 13.2 Å². The van der Waals surface area contributed by atoms with E-state index < -0.39 is 41.9 Å². The molecular formula is C11H14N2O6. The lowest BCUT2D eigenvalue weighted by Gasteiger charge is -2.29. The van der Waals surface area contributed by atoms with E-state index in [1.54, 1.807) is 6.92 Å². The molecule has 1 unspecified atom stereocenters. The van der Waals surface area contributed by atoms with Crippen LogP contribution in [0.25, 0.3) is 0 Å². The molecule has 19 heavy (non-hydrogen) atoms. The second-order valence-electron chi connectivity index (χ2n) is 4.93. The average molecular weight is 270 g/mol. The lowest BCUT2D eigenvalue weighted by atomic mass is 10.0. The smallest absolute Gasteiger partial charge is 0.330 e. The summed E-state index contributed by atoms with van der Waals surface area (Å²) < 4.78 is 12.1. The minimum atomic E-state index is -1.20. The molecule has 0 amide bonds. The summed E-state index contributed by atoms with van der Waals surface area (Å²) in [6.07, 6.45) is -1.26. The number of ether oxygens (including phenoxy) is 2. The van der Waals surface area contributed by atoms with Crippen molar-refractivity contribution in [3.8, 4) is 0 Å². The van der Waals surface area contributed by atoms with Crippen molar-refractivity contribution < 1.29 is 19.7 Å². The van der Waals surface area contributed by atoms with E-state index in [2.05, 4.69) is 4.98 Å². The molecule has 1 aromatic heterocycles. The van der Waals surface area contributed by atoms with Crippen molar-refractivity contribution in [2.24, 2.45) is 0 Å². The van der Waals surface area contributed by atoms with Crippen molar-refractivity contribution in [3.63, 3.8) is 0 Å². The van der Waals surface area contributed by atoms with Crippen LogP contribution >= 0.6 is 0 Å². The van der Waals surface area contributed by atoms with E-state index in [0.29, 0.717) is 5.56 Å². The summed E-state index contributed by atoms with van der Waals surface area (Å²) in [5.74, 6) is 0. The van der Waals surface area contributed by atoms with Crippen molar-refractivity contribution >= 4 is 0 Å². The molecule has 104 valence electrons. The molecule has 8 heteroatoms. The Morgan fingerprint density at radius 3 is 2.95 bits per heavy atom. The highest BCUT2D eigenvalue weighted by Crippen LogP contribution is 2.44. The number of nitrogens with one attached hydrogen (secondary N) is 1. The van der Waals surface area contributed by atoms with Crippen LogP contribution in [0, 0.1) is 6.92 Å². The molecule has 4 atom stereocenters. The zero-order valence-electron chi connectivity index (χ0n) is 10.2. The normalized spacial score (nSPS) is 36.9. The largest absolute Gasteiger partial charge is 0.393 e. The monoisotopic (exact) mass is 270 g/mol. The van der Waals surface area contributed by atoms with Crippen molar-refractivity contribution in [2.75, 3.05) is 13.2 Å². The van der Waals surface area contributed by atoms with Gasteiger partial charge in [-0.15, -0.1) is 0 Å². The highest BCUT2D eigenvalue weighted by atomic mass is 16.7. The SMILES string of the molecule is Cc1cn([C@@H]2O[C@@]3(CO)CO[C@H]2C3O)c(=O)[nH]c1=O. The summed E-state index contributed by atoms with van der Waals surface area (Å²) in [5, 5.41) is 19.4. The molecular weight excluding hydrogens is 256 g/mol. The fraction of sp³-hybridized carbons (Fsp3) is 0.636. The van der Waals surface area contributed by atoms with Gasteiger partial charge in [0.1, 0.15) is 17.8 Å². The first kappa shape index (κ1) is 12.5. The summed E-state index contributed by atoms with van der Waals surface area (Å²) >= 11 is 0. The van der Waals surface area contributed by atoms with Crippen molar-refractivity contribution in [1.29, 1.82) is 0 Å². The van der Waals surface area contributed by atoms with Gasteiger partial charge in [0.25, 0.3) is 5.56 Å². The fourth-order valence-electron chi connectivity index (χ4n) is 2.53. The first-order valence-corrected chi connectivity index (χ1v) is 5.89. The van der Waals surface area contributed by atoms with Crippen molar-refractivity contribution in [2.45, 2.75) is 31.0 Å². The predicted octanol–water partition coefficient (Wildman–Crippen LogP) is -2.14. The Bertz CT molecular complexity index is 622. The molecule has 0 aliphatic carbocycles. The van der Waals surface area contributed by atoms with E-state index in [1.807, 2.05) is 0 Å². The number of fused-ring (bicyclic) bond motifs is 2. The Balaban J connectivity index is 2.04. The molecule has 0 radical (unpaired) electrons. The van der Waals surface area contributed by atoms with E-state index >= 15 is 0 Å². The maximum absolute atomic E-state index is 11.8. The fourth-order valence-corrected chi connectivity index (χ4v) is 2.53. The second-order valence-corrected chi connectivity index (χ2v) is 4.93. The molecule has 1 aromatic rings. The lowest BCUT2D eigenvalue weighted by molar-refractivity contribution is -0.187. The number of aliphatic hydroxyl groups excluding tert-OH is 2. The van der Waals surface area contributed by atoms with Crippen LogP contribution in [0.15, 0.2) is 15.8 Å². The van der Waals surface area contributed by atoms with Crippen LogP contribution in [0.4, 0.5) is 0 Å². The lowest BCUT2D eigenvalue weighted by Crippen LogP contribution is -2.44. The van der Waals surface area contributed by atoms with E-state index in [1.165, 1.54) is 10.8 Å². The molecule has 3 rings (SSSR count). The highest BCUT2D eigenvalue weighted by molar-refractivity contribution is 5.09. The quantitative estimate of drug-likeness (QED) is 0.565. The molecule has 2 fully saturated rings. The minimum absolute atomic E-state index is 0.0723. The second kappa shape index (κ2) is 4.01. The van der Waals surface area contributed by atoms with Gasteiger partial charge in [0.15, 0.2) is 6.23 Å². The molecule has 8 nitrogen and oxygen atoms in total. The van der Waals surface area contributed by atoms with Gasteiger partial charge in [0, 0.05) is 11.8 Å². The summed E-state index contributed by atoms with van der Waals surface area (Å²) in [6.45, 7) is 1.22. The first-order chi connectivity index (χ1) is 8.98. The Morgan fingerprint density at radius 1 is 1.58 bits per heavy atom. The van der Waals surface area contributed by atoms with E-state index in [4.69, 9.17) is 9.47 Å². The number of aromatic amines is 1. The highest BCUT2D eigenvalue weighted by Gasteiger charge is 2.61. The number of aliphatic hydroxyl groups is 2. The molecule has 2 saturated heterocycles. The summed E-state index contributed by atoms with van der Waals surface area (Å²) in [4.78, 5) is 25.3. The number of H-pyrrole nitrogens is 1. The third-order valence-electron chi connectivity index (χ3n) is 3.69. The topological polar surface area (TPSA) is 114 Å². The molecule has 3 N–H and O–H groups in total. The number of aryl methyl sites for hydroxylation is 1. The summed E-state index contributed by atoms with van der Waals surface area (Å²) in [5.41, 5.74) is -1.96. The number of rotatable bonds is 2. The zero-order valence-corrected chi connectivity index (χ0v) is 10.2. The molecule has 2 aliphatic rings. The van der Waals surface area contributed by atoms with E-state index in [-0.39, 0.29) is 6.61 Å². The minimum Gasteiger partial charge on any atom is -0.393 e. The van der Waals surface area contributed by atoms with Crippen LogP contribution in [0.5, 0.6) is 0 Å². The van der Waals surface area contributed by atoms with Crippen LogP contribution in [-0.4, -0.2) is 50.8 Å². The first-order valence-electron chi connectivity index (χ1n) is 5.89. The van der Waals surface area contributed by atoms with Crippen molar-refractivity contribution in [3.05, 3.63) is 32.6 Å². The van der Waals surface area contributed by atoms with E-state index in [0.717, 1.165) is 0 Å². The molecule has 2 bridgehead atoms. The third-order valence-corrected chi connectivity index (χ3v) is 3.69. The van der Waals surface area contributed by atoms with Gasteiger partial charge in [-0.05, 0) is 6.92 Å². The van der Waals surface area contributed by atoms with Gasteiger partial charge in [-0.3, -0.25) is 14.3 Å². The molecule has 0 aromatic carbocycles. The molecule has 2 aliphatic heterocycles. The van der Waals surface area contributed by atoms with Crippen LogP contribution in [0.3, 0.4) is 0 Å². The standard InChI is InChI=1S/C11H14N2O6/c1-5-2-13(10(17)12-8(5)16)9-6-7(15)11(3-14,19-9)4-18-6/h2,6-7,9,14-15H,3-4H2,1H3,(H,12,16,17)/t6-,7?,9+,11-/m0/s1. The Labute approximate surface area is 107 Å². The average Bonchev–Trinajstić information content (AvgIpc) is 2.85. The molecule has 3 heterocycles. The maximum Gasteiger partial charge on any atom is 0.330 e. The Morgan fingerprint density at radius 2 is 2.32 bits per heavy atom. The third kappa shape index (κ3) is 1.61. The Hall–Kier alpha value is -1.48. The van der Waals surface area contributed by atoms with Gasteiger partial charge in [-0.25, -0.2) is 4.79 Å². The van der Waals surface area contributed by atoms with Gasteiger partial charge in [-0.2, -0.15) is 0 Å². The molecule has 0 saturated carbocycles. The van der Waals surface area contributed by atoms with Gasteiger partial charge in [-0.1, -0.05) is 0 Å². The van der Waals surface area contributed by atoms with Crippen LogP contribution in [0.1, 0.15) is 11.8 Å². The summed E-state index contributed by atoms with van der Waals surface area (Å²) in [7, 11) is 0. The van der Waals surface area contributed by atoms with Gasteiger partial charge >= 0.3 is 5.69 Å². The van der Waals surface area contributed by atoms with Crippen molar-refractivity contribution in [1.82, 2.24) is 9.55 Å². The van der Waals surface area contributed by atoms with Gasteiger partial charge in [0.2, 0.25) is 0 Å². The van der Waals surface area contributed by atoms with Crippen LogP contribution in [-0.2, 0) is 9.47 Å².